The number of aryl methyl sites for hydroxylation is 1. The van der Waals surface area contributed by atoms with Crippen LogP contribution >= 0.6 is 11.6 Å². The Morgan fingerprint density at radius 2 is 2.00 bits per heavy atom. The lowest BCUT2D eigenvalue weighted by Gasteiger charge is -2.34. The first-order valence-electron chi connectivity index (χ1n) is 8.58. The Morgan fingerprint density at radius 1 is 1.27 bits per heavy atom. The van der Waals surface area contributed by atoms with Crippen LogP contribution in [0.5, 0.6) is 0 Å². The number of allylic oxidation sites excluding steroid dienone is 1. The summed E-state index contributed by atoms with van der Waals surface area (Å²) in [5.74, 6) is 1.22. The van der Waals surface area contributed by atoms with Gasteiger partial charge < -0.3 is 15.0 Å². The molecule has 1 amide bonds. The predicted octanol–water partition coefficient (Wildman–Crippen LogP) is 2.39. The Hall–Kier alpha value is -2.38. The van der Waals surface area contributed by atoms with Gasteiger partial charge >= 0.3 is 0 Å². The monoisotopic (exact) mass is 373 g/mol. The second-order valence-electron chi connectivity index (χ2n) is 6.42. The lowest BCUT2D eigenvalue weighted by Crippen LogP contribution is -2.44. The maximum Gasteiger partial charge on any atom is 0.254 e. The van der Waals surface area contributed by atoms with Gasteiger partial charge in [0.2, 0.25) is 5.95 Å². The number of amides is 1. The molecule has 7 nitrogen and oxygen atoms in total. The van der Waals surface area contributed by atoms with Crippen LogP contribution in [0.25, 0.3) is 0 Å². The number of ether oxygens (including phenoxy) is 1. The van der Waals surface area contributed by atoms with Crippen molar-refractivity contribution in [2.75, 3.05) is 31.6 Å². The standard InChI is InChI=1S/C18H20ClN5O2/c1-11-15(17(25)23-7-9-26-10-8-23)16(13-5-3-4-6-14(13)19)24-18(20-11)21-12(2)22-24/h3-6,16H,7-10H2,1-2H3,(H,20,21,22)/t16-/m1/s1. The number of halogens is 1. The van der Waals surface area contributed by atoms with Crippen LogP contribution in [0, 0.1) is 6.92 Å². The van der Waals surface area contributed by atoms with Gasteiger partial charge in [-0.1, -0.05) is 29.8 Å². The molecule has 1 aromatic heterocycles. The minimum Gasteiger partial charge on any atom is -0.378 e. The van der Waals surface area contributed by atoms with Crippen LogP contribution in [0.15, 0.2) is 35.5 Å². The second kappa shape index (κ2) is 6.74. The molecular weight excluding hydrogens is 354 g/mol. The number of nitrogens with zero attached hydrogens (tertiary/aromatic N) is 4. The SMILES string of the molecule is CC1=C(C(=O)N2CCOCC2)[C@@H](c2ccccc2Cl)n2nc(C)nc2N1. The minimum absolute atomic E-state index is 0.0259. The highest BCUT2D eigenvalue weighted by molar-refractivity contribution is 6.31. The Morgan fingerprint density at radius 3 is 2.73 bits per heavy atom. The number of hydrogen-bond acceptors (Lipinski definition) is 5. The van der Waals surface area contributed by atoms with Gasteiger partial charge in [-0.25, -0.2) is 4.68 Å². The summed E-state index contributed by atoms with van der Waals surface area (Å²) in [6.07, 6.45) is 0. The van der Waals surface area contributed by atoms with E-state index in [9.17, 15) is 4.79 Å². The van der Waals surface area contributed by atoms with Crippen LogP contribution in [0.4, 0.5) is 5.95 Å². The molecule has 26 heavy (non-hydrogen) atoms. The molecule has 1 saturated heterocycles. The molecule has 1 N–H and O–H groups in total. The van der Waals surface area contributed by atoms with Crippen molar-refractivity contribution in [3.63, 3.8) is 0 Å². The molecule has 2 aliphatic rings. The molecule has 1 atom stereocenters. The fraction of sp³-hybridized carbons (Fsp3) is 0.389. The highest BCUT2D eigenvalue weighted by atomic mass is 35.5. The van der Waals surface area contributed by atoms with Gasteiger partial charge in [-0.3, -0.25) is 4.79 Å². The highest BCUT2D eigenvalue weighted by Gasteiger charge is 2.37. The van der Waals surface area contributed by atoms with Gasteiger partial charge in [0.1, 0.15) is 11.9 Å². The van der Waals surface area contributed by atoms with E-state index >= 15 is 0 Å². The van der Waals surface area contributed by atoms with Crippen molar-refractivity contribution < 1.29 is 9.53 Å². The Balaban J connectivity index is 1.84. The molecule has 1 fully saturated rings. The number of carbonyl (C=O) groups is 1. The van der Waals surface area contributed by atoms with Crippen molar-refractivity contribution in [3.8, 4) is 0 Å². The molecule has 0 unspecified atom stereocenters. The normalized spacial score (nSPS) is 20.0. The van der Waals surface area contributed by atoms with Crippen LogP contribution in [0.2, 0.25) is 5.02 Å². The van der Waals surface area contributed by atoms with Gasteiger partial charge in [0.25, 0.3) is 5.91 Å². The summed E-state index contributed by atoms with van der Waals surface area (Å²) in [6, 6.07) is 7.13. The molecule has 2 aliphatic heterocycles. The number of anilines is 1. The Labute approximate surface area is 156 Å². The summed E-state index contributed by atoms with van der Waals surface area (Å²) in [5, 5.41) is 8.33. The summed E-state index contributed by atoms with van der Waals surface area (Å²) in [6.45, 7) is 5.98. The number of fused-ring (bicyclic) bond motifs is 1. The molecule has 2 aromatic rings. The van der Waals surface area contributed by atoms with Crippen LogP contribution < -0.4 is 5.32 Å². The summed E-state index contributed by atoms with van der Waals surface area (Å²) in [7, 11) is 0. The summed E-state index contributed by atoms with van der Waals surface area (Å²) < 4.78 is 7.13. The van der Waals surface area contributed by atoms with Crippen molar-refractivity contribution in [3.05, 3.63) is 51.9 Å². The van der Waals surface area contributed by atoms with Gasteiger partial charge in [0.05, 0.1) is 18.8 Å². The Bertz CT molecular complexity index is 885. The quantitative estimate of drug-likeness (QED) is 0.875. The van der Waals surface area contributed by atoms with E-state index in [-0.39, 0.29) is 5.91 Å². The first kappa shape index (κ1) is 17.1. The molecular formula is C18H20ClN5O2. The van der Waals surface area contributed by atoms with E-state index in [0.29, 0.717) is 48.7 Å². The molecule has 0 spiro atoms. The maximum atomic E-state index is 13.3. The number of carbonyl (C=O) groups excluding carboxylic acids is 1. The van der Waals surface area contributed by atoms with E-state index in [2.05, 4.69) is 15.4 Å². The van der Waals surface area contributed by atoms with Crippen LogP contribution in [-0.4, -0.2) is 51.9 Å². The molecule has 0 radical (unpaired) electrons. The average molecular weight is 374 g/mol. The number of hydrogen-bond donors (Lipinski definition) is 1. The van der Waals surface area contributed by atoms with E-state index < -0.39 is 6.04 Å². The largest absolute Gasteiger partial charge is 0.378 e. The van der Waals surface area contributed by atoms with E-state index in [1.54, 1.807) is 4.68 Å². The van der Waals surface area contributed by atoms with Gasteiger partial charge in [-0.05, 0) is 19.9 Å². The average Bonchev–Trinajstić information content (AvgIpc) is 3.01. The highest BCUT2D eigenvalue weighted by Crippen LogP contribution is 2.38. The molecule has 0 saturated carbocycles. The third-order valence-corrected chi connectivity index (χ3v) is 5.03. The third kappa shape index (κ3) is 2.87. The lowest BCUT2D eigenvalue weighted by atomic mass is 9.94. The van der Waals surface area contributed by atoms with E-state index in [1.807, 2.05) is 43.0 Å². The third-order valence-electron chi connectivity index (χ3n) is 4.69. The van der Waals surface area contributed by atoms with E-state index in [1.165, 1.54) is 0 Å². The molecule has 4 rings (SSSR count). The zero-order valence-corrected chi connectivity index (χ0v) is 15.5. The fourth-order valence-electron chi connectivity index (χ4n) is 3.46. The zero-order chi connectivity index (χ0) is 18.3. The number of nitrogens with one attached hydrogen (secondary N) is 1. The smallest absolute Gasteiger partial charge is 0.254 e. The van der Waals surface area contributed by atoms with Gasteiger partial charge in [-0.2, -0.15) is 10.1 Å². The summed E-state index contributed by atoms with van der Waals surface area (Å²) >= 11 is 6.48. The van der Waals surface area contributed by atoms with Crippen LogP contribution in [-0.2, 0) is 9.53 Å². The molecule has 0 bridgehead atoms. The topological polar surface area (TPSA) is 72.3 Å². The maximum absolute atomic E-state index is 13.3. The summed E-state index contributed by atoms with van der Waals surface area (Å²) in [5.41, 5.74) is 2.24. The summed E-state index contributed by atoms with van der Waals surface area (Å²) in [4.78, 5) is 19.6. The molecule has 136 valence electrons. The minimum atomic E-state index is -0.420. The van der Waals surface area contributed by atoms with Crippen molar-refractivity contribution in [1.29, 1.82) is 0 Å². The van der Waals surface area contributed by atoms with Crippen molar-refractivity contribution in [2.45, 2.75) is 19.9 Å². The van der Waals surface area contributed by atoms with Crippen molar-refractivity contribution in [2.24, 2.45) is 0 Å². The van der Waals surface area contributed by atoms with Crippen molar-refractivity contribution in [1.82, 2.24) is 19.7 Å². The second-order valence-corrected chi connectivity index (χ2v) is 6.83. The van der Waals surface area contributed by atoms with Crippen LogP contribution in [0.3, 0.4) is 0 Å². The Kier molecular flexibility index (Phi) is 4.42. The number of benzene rings is 1. The first-order valence-corrected chi connectivity index (χ1v) is 8.96. The van der Waals surface area contributed by atoms with Crippen molar-refractivity contribution >= 4 is 23.5 Å². The predicted molar refractivity (Wildman–Crippen MR) is 98.1 cm³/mol. The molecule has 3 heterocycles. The molecule has 0 aliphatic carbocycles. The van der Waals surface area contributed by atoms with E-state index in [4.69, 9.17) is 16.3 Å². The van der Waals surface area contributed by atoms with Gasteiger partial charge in [0, 0.05) is 29.4 Å². The molecule has 8 heteroatoms. The number of rotatable bonds is 2. The van der Waals surface area contributed by atoms with Gasteiger partial charge in [-0.15, -0.1) is 0 Å². The van der Waals surface area contributed by atoms with Gasteiger partial charge in [0.15, 0.2) is 0 Å². The zero-order valence-electron chi connectivity index (χ0n) is 14.7. The number of aromatic nitrogens is 3. The lowest BCUT2D eigenvalue weighted by molar-refractivity contribution is -0.131. The first-order chi connectivity index (χ1) is 12.6. The van der Waals surface area contributed by atoms with E-state index in [0.717, 1.165) is 11.3 Å². The molecule has 1 aromatic carbocycles. The van der Waals surface area contributed by atoms with Crippen LogP contribution in [0.1, 0.15) is 24.4 Å². The fourth-order valence-corrected chi connectivity index (χ4v) is 3.70. The number of morpholine rings is 1.